The maximum Gasteiger partial charge on any atom is 0.247 e. The zero-order valence-electron chi connectivity index (χ0n) is 18.9. The molecular weight excluding hydrogens is 434 g/mol. The van der Waals surface area contributed by atoms with E-state index in [9.17, 15) is 10.1 Å². The molecule has 3 aromatic rings. The minimum Gasteiger partial charge on any atom is -0.447 e. The number of anilines is 1. The van der Waals surface area contributed by atoms with Crippen LogP contribution in [0, 0.1) is 17.2 Å². The summed E-state index contributed by atoms with van der Waals surface area (Å²) in [4.78, 5) is 19.7. The molecule has 1 aliphatic heterocycles. The molecule has 0 radical (unpaired) electrons. The van der Waals surface area contributed by atoms with Crippen molar-refractivity contribution < 1.29 is 9.53 Å². The maximum absolute atomic E-state index is 13.3. The van der Waals surface area contributed by atoms with E-state index in [4.69, 9.17) is 4.74 Å². The van der Waals surface area contributed by atoms with E-state index in [2.05, 4.69) is 35.1 Å². The number of nitrogens with zero attached hydrogens (tertiary/aromatic N) is 5. The lowest BCUT2D eigenvalue weighted by Gasteiger charge is -2.31. The minimum absolute atomic E-state index is 0.0607. The summed E-state index contributed by atoms with van der Waals surface area (Å²) in [6.07, 6.45) is 0.326. The highest BCUT2D eigenvalue weighted by atomic mass is 32.2. The Morgan fingerprint density at radius 2 is 1.94 bits per heavy atom. The second-order valence-corrected chi connectivity index (χ2v) is 9.18. The van der Waals surface area contributed by atoms with E-state index in [-0.39, 0.29) is 5.91 Å². The molecule has 1 atom stereocenters. The van der Waals surface area contributed by atoms with Gasteiger partial charge in [-0.3, -0.25) is 9.69 Å². The van der Waals surface area contributed by atoms with Crippen LogP contribution in [-0.4, -0.2) is 26.8 Å². The number of carbonyl (C=O) groups excluding carboxylic acids is 1. The van der Waals surface area contributed by atoms with Crippen LogP contribution in [0.3, 0.4) is 0 Å². The van der Waals surface area contributed by atoms with Crippen LogP contribution in [0.1, 0.15) is 51.0 Å². The van der Waals surface area contributed by atoms with Crippen LogP contribution in [0.25, 0.3) is 11.3 Å². The average molecular weight is 460 g/mol. The van der Waals surface area contributed by atoms with E-state index in [1.54, 1.807) is 17.0 Å². The Labute approximate surface area is 197 Å². The van der Waals surface area contributed by atoms with Gasteiger partial charge in [0.05, 0.1) is 17.3 Å². The molecule has 8 heteroatoms. The van der Waals surface area contributed by atoms with Crippen molar-refractivity contribution in [3.63, 3.8) is 0 Å². The number of thioether (sulfide) groups is 1. The second kappa shape index (κ2) is 10.0. The Morgan fingerprint density at radius 3 is 2.64 bits per heavy atom. The Balaban J connectivity index is 1.87. The van der Waals surface area contributed by atoms with Crippen LogP contribution in [0.5, 0.6) is 5.88 Å². The number of rotatable bonds is 6. The van der Waals surface area contributed by atoms with Crippen LogP contribution in [0.15, 0.2) is 53.7 Å². The van der Waals surface area contributed by atoms with Gasteiger partial charge in [0, 0.05) is 23.3 Å². The molecule has 33 heavy (non-hydrogen) atoms. The van der Waals surface area contributed by atoms with E-state index < -0.39 is 6.23 Å². The zero-order valence-corrected chi connectivity index (χ0v) is 19.7. The van der Waals surface area contributed by atoms with E-state index >= 15 is 0 Å². The monoisotopic (exact) mass is 459 g/mol. The Hall–Kier alpha value is -3.44. The van der Waals surface area contributed by atoms with E-state index in [1.165, 1.54) is 11.8 Å². The molecule has 0 fully saturated rings. The van der Waals surface area contributed by atoms with Crippen molar-refractivity contribution in [2.24, 2.45) is 5.92 Å². The third-order valence-electron chi connectivity index (χ3n) is 5.12. The topological polar surface area (TPSA) is 92.0 Å². The molecule has 1 aromatic heterocycles. The summed E-state index contributed by atoms with van der Waals surface area (Å²) in [6.45, 7) is 6.24. The van der Waals surface area contributed by atoms with Gasteiger partial charge >= 0.3 is 0 Å². The van der Waals surface area contributed by atoms with Crippen molar-refractivity contribution in [3.05, 3.63) is 59.7 Å². The van der Waals surface area contributed by atoms with Crippen molar-refractivity contribution in [2.75, 3.05) is 10.7 Å². The minimum atomic E-state index is -0.751. The lowest BCUT2D eigenvalue weighted by molar-refractivity contribution is -0.120. The summed E-state index contributed by atoms with van der Waals surface area (Å²) in [5.41, 5.74) is 3.23. The van der Waals surface area contributed by atoms with E-state index in [1.807, 2.05) is 43.3 Å². The predicted molar refractivity (Wildman–Crippen MR) is 128 cm³/mol. The van der Waals surface area contributed by atoms with Gasteiger partial charge in [-0.25, -0.2) is 0 Å². The smallest absolute Gasteiger partial charge is 0.247 e. The van der Waals surface area contributed by atoms with Crippen LogP contribution >= 0.6 is 11.8 Å². The number of para-hydroxylation sites is 1. The Morgan fingerprint density at radius 1 is 1.18 bits per heavy atom. The fraction of sp³-hybridized carbons (Fsp3) is 0.320. The van der Waals surface area contributed by atoms with Gasteiger partial charge < -0.3 is 4.74 Å². The zero-order chi connectivity index (χ0) is 23.4. The summed E-state index contributed by atoms with van der Waals surface area (Å²) in [6, 6.07) is 16.8. The number of hydrogen-bond acceptors (Lipinski definition) is 7. The first-order valence-corrected chi connectivity index (χ1v) is 12.0. The van der Waals surface area contributed by atoms with Crippen molar-refractivity contribution in [1.29, 1.82) is 5.26 Å². The van der Waals surface area contributed by atoms with Gasteiger partial charge in [-0.15, -0.1) is 10.2 Å². The number of aromatic nitrogens is 3. The number of benzene rings is 2. The number of nitriles is 1. The quantitative estimate of drug-likeness (QED) is 0.457. The molecule has 1 aliphatic rings. The molecule has 0 bridgehead atoms. The molecule has 1 unspecified atom stereocenters. The fourth-order valence-electron chi connectivity index (χ4n) is 3.56. The number of hydrogen-bond donors (Lipinski definition) is 0. The highest BCUT2D eigenvalue weighted by Crippen LogP contribution is 2.43. The Bertz CT molecular complexity index is 1190. The van der Waals surface area contributed by atoms with Gasteiger partial charge in [-0.1, -0.05) is 62.9 Å². The van der Waals surface area contributed by atoms with Crippen molar-refractivity contribution >= 4 is 23.4 Å². The molecule has 0 saturated heterocycles. The maximum atomic E-state index is 13.3. The number of amides is 1. The molecule has 168 valence electrons. The standard InChI is InChI=1S/C25H25N5O2S/c1-4-7-21(31)30-20-9-6-5-8-19(20)22-23(27-25(29-28-22)33-15-16(2)3)32-24(30)18-12-10-17(14-26)11-13-18/h5-6,8-13,16,24H,4,7,15H2,1-3H3. The largest absolute Gasteiger partial charge is 0.447 e. The molecule has 1 amide bonds. The number of fused-ring (bicyclic) bond motifs is 3. The first kappa shape index (κ1) is 22.7. The lowest BCUT2D eigenvalue weighted by atomic mass is 10.1. The predicted octanol–water partition coefficient (Wildman–Crippen LogP) is 5.38. The third-order valence-corrected chi connectivity index (χ3v) is 6.38. The average Bonchev–Trinajstić information content (AvgIpc) is 2.97. The van der Waals surface area contributed by atoms with Gasteiger partial charge in [-0.2, -0.15) is 10.2 Å². The normalized spacial score (nSPS) is 14.6. The van der Waals surface area contributed by atoms with Gasteiger partial charge in [0.1, 0.15) is 0 Å². The molecule has 2 aromatic carbocycles. The van der Waals surface area contributed by atoms with Gasteiger partial charge in [-0.05, 0) is 30.5 Å². The summed E-state index contributed by atoms with van der Waals surface area (Å²) >= 11 is 1.53. The summed E-state index contributed by atoms with van der Waals surface area (Å²) in [5, 5.41) is 18.5. The lowest BCUT2D eigenvalue weighted by Crippen LogP contribution is -2.37. The van der Waals surface area contributed by atoms with Crippen LogP contribution in [0.4, 0.5) is 5.69 Å². The summed E-state index contributed by atoms with van der Waals surface area (Å²) < 4.78 is 6.42. The molecular formula is C25H25N5O2S. The summed E-state index contributed by atoms with van der Waals surface area (Å²) in [7, 11) is 0. The molecule has 2 heterocycles. The molecule has 0 aliphatic carbocycles. The molecule has 7 nitrogen and oxygen atoms in total. The SMILES string of the molecule is CCCC(=O)N1c2ccccc2-c2nnc(SCC(C)C)nc2OC1c1ccc(C#N)cc1. The van der Waals surface area contributed by atoms with Crippen LogP contribution in [0.2, 0.25) is 0 Å². The Kier molecular flexibility index (Phi) is 6.90. The highest BCUT2D eigenvalue weighted by Gasteiger charge is 2.35. The number of carbonyl (C=O) groups is 1. The molecule has 0 saturated carbocycles. The second-order valence-electron chi connectivity index (χ2n) is 8.19. The molecule has 4 rings (SSSR count). The first-order chi connectivity index (χ1) is 16.0. The fourth-order valence-corrected chi connectivity index (χ4v) is 4.29. The third kappa shape index (κ3) is 4.83. The van der Waals surface area contributed by atoms with E-state index in [0.717, 1.165) is 16.9 Å². The van der Waals surface area contributed by atoms with Crippen LogP contribution < -0.4 is 9.64 Å². The van der Waals surface area contributed by atoms with Gasteiger partial charge in [0.25, 0.3) is 0 Å². The first-order valence-electron chi connectivity index (χ1n) is 11.0. The van der Waals surface area contributed by atoms with Crippen molar-refractivity contribution in [1.82, 2.24) is 15.2 Å². The van der Waals surface area contributed by atoms with Gasteiger partial charge in [0.2, 0.25) is 23.2 Å². The molecule has 0 spiro atoms. The highest BCUT2D eigenvalue weighted by molar-refractivity contribution is 7.99. The van der Waals surface area contributed by atoms with Gasteiger partial charge in [0.15, 0.2) is 5.69 Å². The molecule has 0 N–H and O–H groups in total. The number of ether oxygens (including phenoxy) is 1. The summed E-state index contributed by atoms with van der Waals surface area (Å²) in [5.74, 6) is 1.61. The van der Waals surface area contributed by atoms with Crippen molar-refractivity contribution in [2.45, 2.75) is 45.0 Å². The van der Waals surface area contributed by atoms with E-state index in [0.29, 0.717) is 46.7 Å². The van der Waals surface area contributed by atoms with Crippen molar-refractivity contribution in [3.8, 4) is 23.2 Å². The van der Waals surface area contributed by atoms with Crippen LogP contribution in [-0.2, 0) is 4.79 Å².